The highest BCUT2D eigenvalue weighted by Gasteiger charge is 2.11. The summed E-state index contributed by atoms with van der Waals surface area (Å²) in [5.41, 5.74) is 9.83. The Balaban J connectivity index is 0. The van der Waals surface area contributed by atoms with Gasteiger partial charge in [0.2, 0.25) is 5.91 Å². The zero-order chi connectivity index (χ0) is 11.6. The minimum atomic E-state index is -0.602. The Labute approximate surface area is 84.4 Å². The largest absolute Gasteiger partial charge is 0.368 e. The predicted molar refractivity (Wildman–Crippen MR) is 55.6 cm³/mol. The van der Waals surface area contributed by atoms with Crippen LogP contribution in [-0.2, 0) is 4.79 Å². The van der Waals surface area contributed by atoms with Gasteiger partial charge >= 0.3 is 6.03 Å². The number of likely N-dealkylation sites (N-methyl/N-ethyl adjacent to an activating group) is 1. The number of nitrogens with one attached hydrogen (secondary N) is 2. The molecule has 6 nitrogen and oxygen atoms in total. The van der Waals surface area contributed by atoms with Gasteiger partial charge in [-0.15, -0.1) is 0 Å². The van der Waals surface area contributed by atoms with Crippen molar-refractivity contribution in [2.75, 3.05) is 13.6 Å². The molecule has 0 aliphatic rings. The van der Waals surface area contributed by atoms with Crippen LogP contribution in [0, 0.1) is 0 Å². The summed E-state index contributed by atoms with van der Waals surface area (Å²) in [6.07, 6.45) is 0.439. The van der Waals surface area contributed by atoms with Crippen molar-refractivity contribution in [2.24, 2.45) is 11.5 Å². The van der Waals surface area contributed by atoms with Gasteiger partial charge in [0.05, 0.1) is 6.04 Å². The van der Waals surface area contributed by atoms with Crippen LogP contribution in [0.25, 0.3) is 0 Å². The number of nitrogens with two attached hydrogens (primary N) is 2. The van der Waals surface area contributed by atoms with Gasteiger partial charge in [0, 0.05) is 6.54 Å². The SMILES string of the molecule is CC.CN[C@@H](CCNC(N)=O)C(N)=O. The molecule has 0 aliphatic heterocycles. The second-order valence-electron chi connectivity index (χ2n) is 2.32. The number of urea groups is 1. The summed E-state index contributed by atoms with van der Waals surface area (Å²) in [5, 5.41) is 5.06. The van der Waals surface area contributed by atoms with Crippen molar-refractivity contribution >= 4 is 11.9 Å². The highest BCUT2D eigenvalue weighted by atomic mass is 16.2. The Bertz CT molecular complexity index is 173. The molecule has 6 heteroatoms. The lowest BCUT2D eigenvalue weighted by atomic mass is 10.2. The first-order chi connectivity index (χ1) is 6.57. The van der Waals surface area contributed by atoms with E-state index in [2.05, 4.69) is 10.6 Å². The van der Waals surface area contributed by atoms with Gasteiger partial charge in [0.25, 0.3) is 0 Å². The van der Waals surface area contributed by atoms with E-state index in [1.54, 1.807) is 7.05 Å². The standard InChI is InChI=1S/C6H14N4O2.C2H6/c1-9-4(5(7)11)2-3-10-6(8)12;1-2/h4,9H,2-3H2,1H3,(H2,7,11)(H3,8,10,12);1-2H3/t4-;/m0./s1. The molecule has 6 N–H and O–H groups in total. The number of hydrogen-bond donors (Lipinski definition) is 4. The number of amides is 3. The fraction of sp³-hybridized carbons (Fsp3) is 0.750. The molecule has 0 radical (unpaired) electrons. The number of carbonyl (C=O) groups is 2. The van der Waals surface area contributed by atoms with E-state index in [9.17, 15) is 9.59 Å². The number of rotatable bonds is 5. The van der Waals surface area contributed by atoms with Crippen LogP contribution >= 0.6 is 0 Å². The van der Waals surface area contributed by atoms with Gasteiger partial charge in [0.15, 0.2) is 0 Å². The van der Waals surface area contributed by atoms with E-state index in [1.807, 2.05) is 13.8 Å². The fourth-order valence-electron chi connectivity index (χ4n) is 0.769. The van der Waals surface area contributed by atoms with Gasteiger partial charge in [-0.3, -0.25) is 4.79 Å². The Kier molecular flexibility index (Phi) is 10.6. The van der Waals surface area contributed by atoms with Crippen LogP contribution in [0.1, 0.15) is 20.3 Å². The summed E-state index contributed by atoms with van der Waals surface area (Å²) >= 11 is 0. The van der Waals surface area contributed by atoms with Crippen molar-refractivity contribution in [2.45, 2.75) is 26.3 Å². The van der Waals surface area contributed by atoms with E-state index in [1.165, 1.54) is 0 Å². The summed E-state index contributed by atoms with van der Waals surface area (Å²) in [4.78, 5) is 20.8. The van der Waals surface area contributed by atoms with Crippen LogP contribution in [0.15, 0.2) is 0 Å². The Morgan fingerprint density at radius 3 is 2.07 bits per heavy atom. The molecule has 0 aliphatic carbocycles. The number of hydrogen-bond acceptors (Lipinski definition) is 3. The lowest BCUT2D eigenvalue weighted by molar-refractivity contribution is -0.120. The summed E-state index contributed by atoms with van der Waals surface area (Å²) < 4.78 is 0. The molecule has 0 unspecified atom stereocenters. The third kappa shape index (κ3) is 8.79. The topological polar surface area (TPSA) is 110 Å². The van der Waals surface area contributed by atoms with Crippen LogP contribution in [-0.4, -0.2) is 31.6 Å². The zero-order valence-corrected chi connectivity index (χ0v) is 8.96. The summed E-state index contributed by atoms with van der Waals surface area (Å²) in [6.45, 7) is 4.34. The van der Waals surface area contributed by atoms with E-state index in [0.29, 0.717) is 13.0 Å². The lowest BCUT2D eigenvalue weighted by Gasteiger charge is -2.11. The first-order valence-electron chi connectivity index (χ1n) is 4.57. The smallest absolute Gasteiger partial charge is 0.312 e. The summed E-state index contributed by atoms with van der Waals surface area (Å²) in [5.74, 6) is -0.441. The quantitative estimate of drug-likeness (QED) is 0.468. The molecule has 0 heterocycles. The fourth-order valence-corrected chi connectivity index (χ4v) is 0.769. The highest BCUT2D eigenvalue weighted by molar-refractivity contribution is 5.79. The number of primary amides is 2. The minimum absolute atomic E-state index is 0.337. The first kappa shape index (κ1) is 15.2. The van der Waals surface area contributed by atoms with Crippen molar-refractivity contribution in [1.29, 1.82) is 0 Å². The van der Waals surface area contributed by atoms with Crippen molar-refractivity contribution in [1.82, 2.24) is 10.6 Å². The third-order valence-electron chi connectivity index (χ3n) is 1.42. The van der Waals surface area contributed by atoms with E-state index in [-0.39, 0.29) is 0 Å². The van der Waals surface area contributed by atoms with Gasteiger partial charge in [-0.25, -0.2) is 4.79 Å². The molecule has 0 aromatic heterocycles. The molecule has 1 atom stereocenters. The molecule has 0 aromatic rings. The van der Waals surface area contributed by atoms with Crippen LogP contribution in [0.3, 0.4) is 0 Å². The van der Waals surface area contributed by atoms with Crippen LogP contribution < -0.4 is 22.1 Å². The molecule has 0 aromatic carbocycles. The first-order valence-corrected chi connectivity index (χ1v) is 4.57. The van der Waals surface area contributed by atoms with Crippen molar-refractivity contribution in [3.8, 4) is 0 Å². The predicted octanol–water partition coefficient (Wildman–Crippen LogP) is -0.856. The van der Waals surface area contributed by atoms with E-state index in [0.717, 1.165) is 0 Å². The molecule has 3 amide bonds. The minimum Gasteiger partial charge on any atom is -0.368 e. The summed E-state index contributed by atoms with van der Waals surface area (Å²) in [6, 6.07) is -1.02. The van der Waals surface area contributed by atoms with Gasteiger partial charge in [0.1, 0.15) is 0 Å². The van der Waals surface area contributed by atoms with Crippen molar-refractivity contribution in [3.05, 3.63) is 0 Å². The van der Waals surface area contributed by atoms with Crippen molar-refractivity contribution < 1.29 is 9.59 Å². The Morgan fingerprint density at radius 1 is 1.29 bits per heavy atom. The molecule has 84 valence electrons. The highest BCUT2D eigenvalue weighted by Crippen LogP contribution is 1.87. The second-order valence-corrected chi connectivity index (χ2v) is 2.32. The monoisotopic (exact) mass is 204 g/mol. The van der Waals surface area contributed by atoms with Gasteiger partial charge in [-0.05, 0) is 13.5 Å². The van der Waals surface area contributed by atoms with Gasteiger partial charge in [-0.2, -0.15) is 0 Å². The maximum atomic E-state index is 10.6. The maximum absolute atomic E-state index is 10.6. The molecule has 14 heavy (non-hydrogen) atoms. The summed E-state index contributed by atoms with van der Waals surface area (Å²) in [7, 11) is 1.62. The van der Waals surface area contributed by atoms with Crippen molar-refractivity contribution in [3.63, 3.8) is 0 Å². The molecule has 0 spiro atoms. The van der Waals surface area contributed by atoms with Gasteiger partial charge < -0.3 is 22.1 Å². The molecule has 0 rings (SSSR count). The molecule has 0 saturated carbocycles. The average Bonchev–Trinajstić information content (AvgIpc) is 2.14. The zero-order valence-electron chi connectivity index (χ0n) is 8.96. The van der Waals surface area contributed by atoms with Crippen LogP contribution in [0.2, 0.25) is 0 Å². The Morgan fingerprint density at radius 2 is 1.79 bits per heavy atom. The normalized spacial score (nSPS) is 10.8. The second kappa shape index (κ2) is 9.79. The number of carbonyl (C=O) groups excluding carboxylic acids is 2. The third-order valence-corrected chi connectivity index (χ3v) is 1.42. The molecular formula is C8H20N4O2. The maximum Gasteiger partial charge on any atom is 0.312 e. The van der Waals surface area contributed by atoms with Crippen LogP contribution in [0.4, 0.5) is 4.79 Å². The van der Waals surface area contributed by atoms with E-state index >= 15 is 0 Å². The van der Waals surface area contributed by atoms with E-state index in [4.69, 9.17) is 11.5 Å². The van der Waals surface area contributed by atoms with Crippen LogP contribution in [0.5, 0.6) is 0 Å². The van der Waals surface area contributed by atoms with E-state index < -0.39 is 18.0 Å². The molecule has 0 saturated heterocycles. The Hall–Kier alpha value is -1.30. The molecule has 0 bridgehead atoms. The molecule has 0 fully saturated rings. The average molecular weight is 204 g/mol. The van der Waals surface area contributed by atoms with Gasteiger partial charge in [-0.1, -0.05) is 13.8 Å². The lowest BCUT2D eigenvalue weighted by Crippen LogP contribution is -2.42. The molecular weight excluding hydrogens is 184 g/mol.